The molecule has 0 amide bonds. The number of methoxy groups -OCH3 is 1. The molecular weight excluding hydrogens is 290 g/mol. The van der Waals surface area contributed by atoms with E-state index in [1.165, 1.54) is 7.11 Å². The summed E-state index contributed by atoms with van der Waals surface area (Å²) in [4.78, 5) is 25.3. The molecule has 0 atom stereocenters. The molecule has 1 aromatic rings. The number of nitrogens with two attached hydrogens (primary N) is 2. The summed E-state index contributed by atoms with van der Waals surface area (Å²) in [6, 6.07) is 0. The van der Waals surface area contributed by atoms with Gasteiger partial charge in [-0.3, -0.25) is 14.3 Å². The predicted molar refractivity (Wildman–Crippen MR) is 74.1 cm³/mol. The fraction of sp³-hybridized carbons (Fsp3) is 0.556. The normalized spacial score (nSPS) is 11.5. The Bertz CT molecular complexity index is 677. The van der Waals surface area contributed by atoms with Gasteiger partial charge in [-0.05, 0) is 0 Å². The van der Waals surface area contributed by atoms with Crippen molar-refractivity contribution in [2.45, 2.75) is 6.54 Å². The molecule has 0 radical (unpaired) electrons. The molecule has 6 N–H and O–H groups in total. The number of ether oxygens (including phenoxy) is 1. The minimum absolute atomic E-state index is 0.0793. The fourth-order valence-electron chi connectivity index (χ4n) is 1.48. The Hall–Kier alpha value is -1.85. The number of anilines is 2. The van der Waals surface area contributed by atoms with E-state index >= 15 is 0 Å². The van der Waals surface area contributed by atoms with Crippen LogP contribution in [-0.2, 0) is 21.3 Å². The smallest absolute Gasteiger partial charge is 0.330 e. The number of hydrogen-bond donors (Lipinski definition) is 4. The van der Waals surface area contributed by atoms with Crippen LogP contribution in [-0.4, -0.2) is 44.0 Å². The lowest BCUT2D eigenvalue weighted by Gasteiger charge is -2.13. The predicted octanol–water partition coefficient (Wildman–Crippen LogP) is -2.53. The molecule has 10 nitrogen and oxygen atoms in total. The van der Waals surface area contributed by atoms with Crippen molar-refractivity contribution in [2.75, 3.05) is 37.1 Å². The van der Waals surface area contributed by atoms with E-state index in [2.05, 4.69) is 10.3 Å². The topological polar surface area (TPSA) is 162 Å². The van der Waals surface area contributed by atoms with Gasteiger partial charge in [0.2, 0.25) is 10.0 Å². The number of aromatic nitrogens is 2. The lowest BCUT2D eigenvalue weighted by atomic mass is 10.4. The molecule has 0 unspecified atom stereocenters. The Morgan fingerprint density at radius 2 is 2.05 bits per heavy atom. The second-order valence-corrected chi connectivity index (χ2v) is 5.69. The Kier molecular flexibility index (Phi) is 5.30. The van der Waals surface area contributed by atoms with Crippen molar-refractivity contribution in [3.63, 3.8) is 0 Å². The maximum absolute atomic E-state index is 11.6. The quantitative estimate of drug-likeness (QED) is 0.431. The van der Waals surface area contributed by atoms with Crippen LogP contribution in [0, 0.1) is 0 Å². The molecule has 0 fully saturated rings. The van der Waals surface area contributed by atoms with Crippen LogP contribution in [0.15, 0.2) is 9.59 Å². The number of nitrogens with zero attached hydrogens (tertiary/aromatic N) is 1. The monoisotopic (exact) mass is 307 g/mol. The molecule has 0 spiro atoms. The van der Waals surface area contributed by atoms with Crippen molar-refractivity contribution >= 4 is 21.5 Å². The molecule has 0 saturated carbocycles. The molecule has 114 valence electrons. The highest BCUT2D eigenvalue weighted by atomic mass is 32.2. The van der Waals surface area contributed by atoms with Gasteiger partial charge in [-0.2, -0.15) is 0 Å². The number of hydrogen-bond acceptors (Lipinski definition) is 7. The van der Waals surface area contributed by atoms with Crippen molar-refractivity contribution in [1.29, 1.82) is 0 Å². The molecule has 0 aromatic carbocycles. The molecule has 20 heavy (non-hydrogen) atoms. The van der Waals surface area contributed by atoms with E-state index in [1.807, 2.05) is 0 Å². The molecule has 0 aliphatic rings. The van der Waals surface area contributed by atoms with E-state index in [-0.39, 0.29) is 37.0 Å². The molecule has 1 rings (SSSR count). The number of rotatable bonds is 7. The van der Waals surface area contributed by atoms with Crippen LogP contribution in [0.1, 0.15) is 0 Å². The maximum atomic E-state index is 11.6. The first-order valence-corrected chi connectivity index (χ1v) is 7.33. The van der Waals surface area contributed by atoms with Crippen LogP contribution in [0.5, 0.6) is 0 Å². The van der Waals surface area contributed by atoms with E-state index in [4.69, 9.17) is 15.6 Å². The van der Waals surface area contributed by atoms with E-state index in [9.17, 15) is 18.0 Å². The van der Waals surface area contributed by atoms with Gasteiger partial charge in [0.25, 0.3) is 5.56 Å². The highest BCUT2D eigenvalue weighted by Gasteiger charge is 2.12. The summed E-state index contributed by atoms with van der Waals surface area (Å²) < 4.78 is 27.5. The summed E-state index contributed by atoms with van der Waals surface area (Å²) in [6.45, 7) is 0.281. The van der Waals surface area contributed by atoms with E-state index < -0.39 is 21.3 Å². The number of nitrogen functional groups attached to an aromatic ring is 1. The number of H-pyrrole nitrogens is 1. The van der Waals surface area contributed by atoms with Gasteiger partial charge in [0.05, 0.1) is 18.9 Å². The summed E-state index contributed by atoms with van der Waals surface area (Å²) >= 11 is 0. The van der Waals surface area contributed by atoms with E-state index in [1.54, 1.807) is 0 Å². The van der Waals surface area contributed by atoms with Crippen LogP contribution in [0.3, 0.4) is 0 Å². The molecular formula is C9H17N5O5S. The second kappa shape index (κ2) is 6.54. The molecule has 1 aromatic heterocycles. The first-order chi connectivity index (χ1) is 9.26. The molecule has 0 aliphatic carbocycles. The third-order valence-corrected chi connectivity index (χ3v) is 3.22. The van der Waals surface area contributed by atoms with E-state index in [0.29, 0.717) is 0 Å². The van der Waals surface area contributed by atoms with Gasteiger partial charge < -0.3 is 15.8 Å². The van der Waals surface area contributed by atoms with E-state index in [0.717, 1.165) is 4.57 Å². The molecule has 11 heteroatoms. The Balaban J connectivity index is 3.01. The van der Waals surface area contributed by atoms with Crippen LogP contribution in [0.25, 0.3) is 0 Å². The maximum Gasteiger partial charge on any atom is 0.330 e. The number of aromatic amines is 1. The largest absolute Gasteiger partial charge is 0.383 e. The van der Waals surface area contributed by atoms with Crippen molar-refractivity contribution in [3.05, 3.63) is 20.8 Å². The minimum Gasteiger partial charge on any atom is -0.383 e. The summed E-state index contributed by atoms with van der Waals surface area (Å²) in [5, 5.41) is 7.39. The van der Waals surface area contributed by atoms with Crippen LogP contribution in [0.4, 0.5) is 11.5 Å². The zero-order chi connectivity index (χ0) is 15.3. The Morgan fingerprint density at radius 3 is 2.60 bits per heavy atom. The third kappa shape index (κ3) is 4.36. The van der Waals surface area contributed by atoms with Crippen molar-refractivity contribution in [2.24, 2.45) is 5.14 Å². The number of sulfonamides is 1. The fourth-order valence-corrected chi connectivity index (χ4v) is 1.87. The van der Waals surface area contributed by atoms with Gasteiger partial charge in [0.1, 0.15) is 11.5 Å². The number of primary sulfonamides is 1. The summed E-state index contributed by atoms with van der Waals surface area (Å²) in [6.07, 6.45) is 0. The van der Waals surface area contributed by atoms with Crippen LogP contribution >= 0.6 is 0 Å². The average molecular weight is 307 g/mol. The highest BCUT2D eigenvalue weighted by molar-refractivity contribution is 7.89. The number of nitrogens with one attached hydrogen (secondary N) is 2. The first kappa shape index (κ1) is 16.2. The van der Waals surface area contributed by atoms with Gasteiger partial charge in [0, 0.05) is 13.7 Å². The van der Waals surface area contributed by atoms with Gasteiger partial charge in [-0.1, -0.05) is 0 Å². The van der Waals surface area contributed by atoms with Crippen LogP contribution in [0.2, 0.25) is 0 Å². The molecule has 0 bridgehead atoms. The zero-order valence-corrected chi connectivity index (χ0v) is 11.7. The zero-order valence-electron chi connectivity index (χ0n) is 10.9. The second-order valence-electron chi connectivity index (χ2n) is 3.96. The molecule has 0 aliphatic heterocycles. The van der Waals surface area contributed by atoms with Gasteiger partial charge in [-0.25, -0.2) is 18.4 Å². The van der Waals surface area contributed by atoms with Gasteiger partial charge in [-0.15, -0.1) is 0 Å². The summed E-state index contributed by atoms with van der Waals surface area (Å²) in [7, 11) is -2.20. The Labute approximate surface area is 114 Å². The van der Waals surface area contributed by atoms with Crippen molar-refractivity contribution in [3.8, 4) is 0 Å². The summed E-state index contributed by atoms with van der Waals surface area (Å²) in [5.74, 6) is -0.464. The van der Waals surface area contributed by atoms with Gasteiger partial charge in [0.15, 0.2) is 0 Å². The van der Waals surface area contributed by atoms with Crippen molar-refractivity contribution < 1.29 is 13.2 Å². The summed E-state index contributed by atoms with van der Waals surface area (Å²) in [5.41, 5.74) is 4.25. The lowest BCUT2D eigenvalue weighted by Crippen LogP contribution is -2.35. The standard InChI is InChI=1S/C9H17N5O5S/c1-19-4-3-14-7(10)6(8(15)13-9(14)16)12-2-5-20(11,17)18/h12H,2-5,10H2,1H3,(H2,11,17,18)(H,13,15,16). The first-order valence-electron chi connectivity index (χ1n) is 5.62. The van der Waals surface area contributed by atoms with Crippen molar-refractivity contribution in [1.82, 2.24) is 9.55 Å². The third-order valence-electron chi connectivity index (χ3n) is 2.45. The van der Waals surface area contributed by atoms with Crippen LogP contribution < -0.4 is 27.4 Å². The minimum atomic E-state index is -3.66. The Morgan fingerprint density at radius 1 is 1.40 bits per heavy atom. The highest BCUT2D eigenvalue weighted by Crippen LogP contribution is 2.09. The van der Waals surface area contributed by atoms with Gasteiger partial charge >= 0.3 is 5.69 Å². The molecule has 1 heterocycles. The molecule has 0 saturated heterocycles. The SMILES string of the molecule is COCCn1c(N)c(NCCS(N)(=O)=O)c(=O)[nH]c1=O. The average Bonchev–Trinajstić information content (AvgIpc) is 2.31. The lowest BCUT2D eigenvalue weighted by molar-refractivity contribution is 0.186.